The first-order chi connectivity index (χ1) is 12.4. The Hall–Kier alpha value is -2.73. The highest BCUT2D eigenvalue weighted by molar-refractivity contribution is 6.09. The molecule has 0 amide bonds. The van der Waals surface area contributed by atoms with Crippen LogP contribution in [0.4, 0.5) is 4.39 Å². The molecule has 5 nitrogen and oxygen atoms in total. The normalized spacial score (nSPS) is 15.2. The molecule has 1 aliphatic rings. The maximum atomic E-state index is 14.9. The first-order valence-corrected chi connectivity index (χ1v) is 8.52. The molecule has 1 aromatic rings. The van der Waals surface area contributed by atoms with Crippen molar-refractivity contribution in [1.82, 2.24) is 10.2 Å². The molecule has 6 heteroatoms. The van der Waals surface area contributed by atoms with Crippen LogP contribution in [0.1, 0.15) is 24.5 Å². The molecule has 26 heavy (non-hydrogen) atoms. The Morgan fingerprint density at radius 1 is 1.46 bits per heavy atom. The third-order valence-electron chi connectivity index (χ3n) is 4.11. The van der Waals surface area contributed by atoms with Gasteiger partial charge in [0.05, 0.1) is 6.67 Å². The summed E-state index contributed by atoms with van der Waals surface area (Å²) in [6, 6.07) is 5.36. The first-order valence-electron chi connectivity index (χ1n) is 8.52. The first kappa shape index (κ1) is 19.6. The van der Waals surface area contributed by atoms with Crippen molar-refractivity contribution in [2.75, 3.05) is 19.8 Å². The number of aryl methyl sites for hydroxylation is 1. The van der Waals surface area contributed by atoms with Crippen LogP contribution < -0.4 is 11.1 Å². The maximum absolute atomic E-state index is 14.9. The lowest BCUT2D eigenvalue weighted by molar-refractivity contribution is 0.260. The zero-order chi connectivity index (χ0) is 19.1. The summed E-state index contributed by atoms with van der Waals surface area (Å²) >= 11 is 0. The molecule has 1 saturated heterocycles. The summed E-state index contributed by atoms with van der Waals surface area (Å²) in [6.07, 6.45) is 4.55. The molecule has 0 atom stereocenters. The van der Waals surface area contributed by atoms with Gasteiger partial charge in [-0.2, -0.15) is 0 Å². The minimum Gasteiger partial charge on any atom is -0.370 e. The van der Waals surface area contributed by atoms with Crippen molar-refractivity contribution in [2.24, 2.45) is 10.7 Å². The van der Waals surface area contributed by atoms with Gasteiger partial charge in [0.2, 0.25) is 0 Å². The number of aliphatic imine (C=N–C) groups is 1. The van der Waals surface area contributed by atoms with Gasteiger partial charge in [-0.25, -0.2) is 4.39 Å². The molecule has 0 spiro atoms. The Bertz CT molecular complexity index is 755. The quantitative estimate of drug-likeness (QED) is 0.381. The van der Waals surface area contributed by atoms with Gasteiger partial charge in [-0.3, -0.25) is 15.3 Å². The molecule has 1 heterocycles. The average molecular weight is 355 g/mol. The molecule has 138 valence electrons. The van der Waals surface area contributed by atoms with Crippen LogP contribution in [-0.2, 0) is 6.42 Å². The molecule has 2 rings (SSSR count). The van der Waals surface area contributed by atoms with Gasteiger partial charge in [0.1, 0.15) is 5.82 Å². The molecular weight excluding hydrogens is 329 g/mol. The molecule has 1 aromatic carbocycles. The van der Waals surface area contributed by atoms with Crippen molar-refractivity contribution in [3.8, 4) is 0 Å². The van der Waals surface area contributed by atoms with Gasteiger partial charge >= 0.3 is 0 Å². The zero-order valence-corrected chi connectivity index (χ0v) is 15.2. The molecule has 0 bridgehead atoms. The van der Waals surface area contributed by atoms with Crippen LogP contribution in [0.2, 0.25) is 0 Å². The highest BCUT2D eigenvalue weighted by atomic mass is 19.1. The maximum Gasteiger partial charge on any atom is 0.189 e. The summed E-state index contributed by atoms with van der Waals surface area (Å²) in [5.41, 5.74) is 8.96. The number of guanidine groups is 1. The molecule has 1 fully saturated rings. The fourth-order valence-corrected chi connectivity index (χ4v) is 2.77. The highest BCUT2D eigenvalue weighted by Crippen LogP contribution is 2.22. The fraction of sp³-hybridized carbons (Fsp3) is 0.300. The van der Waals surface area contributed by atoms with E-state index in [9.17, 15) is 4.39 Å². The second-order valence-electron chi connectivity index (χ2n) is 6.36. The van der Waals surface area contributed by atoms with E-state index in [1.807, 2.05) is 19.1 Å². The number of hydrogen-bond acceptors (Lipinski definition) is 3. The predicted molar refractivity (Wildman–Crippen MR) is 107 cm³/mol. The SMILES string of the molecule is C=C1CN(C/N=C\C(=C/C)c2cccc(CCC(=C)NC(=N)N)c2F)C1. The molecular formula is C20H26FN5. The molecule has 0 aromatic heterocycles. The van der Waals surface area contributed by atoms with Crippen LogP contribution in [0.3, 0.4) is 0 Å². The Morgan fingerprint density at radius 2 is 2.19 bits per heavy atom. The summed E-state index contributed by atoms with van der Waals surface area (Å²) in [6.45, 7) is 11.9. The lowest BCUT2D eigenvalue weighted by Gasteiger charge is -2.31. The minimum atomic E-state index is -0.250. The van der Waals surface area contributed by atoms with Crippen molar-refractivity contribution in [3.63, 3.8) is 0 Å². The summed E-state index contributed by atoms with van der Waals surface area (Å²) in [5, 5.41) is 9.83. The van der Waals surface area contributed by atoms with Gasteiger partial charge in [0.25, 0.3) is 0 Å². The molecule has 0 aliphatic carbocycles. The second kappa shape index (κ2) is 9.10. The van der Waals surface area contributed by atoms with E-state index in [2.05, 4.69) is 28.4 Å². The van der Waals surface area contributed by atoms with E-state index < -0.39 is 0 Å². The predicted octanol–water partition coefficient (Wildman–Crippen LogP) is 3.06. The zero-order valence-electron chi connectivity index (χ0n) is 15.2. The Kier molecular flexibility index (Phi) is 6.86. The highest BCUT2D eigenvalue weighted by Gasteiger charge is 2.16. The lowest BCUT2D eigenvalue weighted by atomic mass is 9.99. The van der Waals surface area contributed by atoms with Crippen molar-refractivity contribution in [2.45, 2.75) is 19.8 Å². The van der Waals surface area contributed by atoms with Crippen molar-refractivity contribution >= 4 is 17.7 Å². The van der Waals surface area contributed by atoms with Crippen LogP contribution in [0.5, 0.6) is 0 Å². The van der Waals surface area contributed by atoms with E-state index >= 15 is 0 Å². The van der Waals surface area contributed by atoms with Gasteiger partial charge in [-0.05, 0) is 36.5 Å². The van der Waals surface area contributed by atoms with Crippen LogP contribution in [0, 0.1) is 11.2 Å². The number of halogens is 1. The molecule has 0 saturated carbocycles. The van der Waals surface area contributed by atoms with Gasteiger partial charge in [-0.15, -0.1) is 0 Å². The number of nitrogens with zero attached hydrogens (tertiary/aromatic N) is 2. The van der Waals surface area contributed by atoms with Crippen LogP contribution in [0.25, 0.3) is 5.57 Å². The van der Waals surface area contributed by atoms with E-state index in [0.29, 0.717) is 36.3 Å². The number of nitrogens with one attached hydrogen (secondary N) is 2. The smallest absolute Gasteiger partial charge is 0.189 e. The Morgan fingerprint density at radius 3 is 2.81 bits per heavy atom. The standard InChI is InChI=1S/C20H26FN5/c1-4-16(10-24-13-26-11-14(2)12-26)18-7-5-6-17(19(18)21)9-8-15(3)25-20(22)23/h4-7,10H,2-3,8-9,11-13H2,1H3,(H4,22,23,25)/b16-4+,24-10-. The van der Waals surface area contributed by atoms with Crippen LogP contribution >= 0.6 is 0 Å². The average Bonchev–Trinajstić information content (AvgIpc) is 2.56. The van der Waals surface area contributed by atoms with Crippen molar-refractivity contribution in [1.29, 1.82) is 5.41 Å². The van der Waals surface area contributed by atoms with Gasteiger partial charge in [0, 0.05) is 30.6 Å². The van der Waals surface area contributed by atoms with E-state index in [-0.39, 0.29) is 11.8 Å². The number of allylic oxidation sites excluding steroid dienone is 3. The third-order valence-corrected chi connectivity index (χ3v) is 4.11. The fourth-order valence-electron chi connectivity index (χ4n) is 2.77. The van der Waals surface area contributed by atoms with Gasteiger partial charge in [0.15, 0.2) is 5.96 Å². The Balaban J connectivity index is 2.03. The number of hydrogen-bond donors (Lipinski definition) is 3. The topological polar surface area (TPSA) is 77.5 Å². The molecule has 0 radical (unpaired) electrons. The van der Waals surface area contributed by atoms with Crippen molar-refractivity contribution in [3.05, 3.63) is 65.6 Å². The number of rotatable bonds is 8. The summed E-state index contributed by atoms with van der Waals surface area (Å²) < 4.78 is 14.9. The number of likely N-dealkylation sites (tertiary alicyclic amines) is 1. The van der Waals surface area contributed by atoms with E-state index in [4.69, 9.17) is 11.1 Å². The van der Waals surface area contributed by atoms with E-state index in [1.165, 1.54) is 5.57 Å². The van der Waals surface area contributed by atoms with E-state index in [0.717, 1.165) is 18.7 Å². The molecule has 1 aliphatic heterocycles. The van der Waals surface area contributed by atoms with Gasteiger partial charge < -0.3 is 11.1 Å². The van der Waals surface area contributed by atoms with Crippen LogP contribution in [-0.4, -0.2) is 36.8 Å². The third kappa shape index (κ3) is 5.39. The van der Waals surface area contributed by atoms with E-state index in [1.54, 1.807) is 18.3 Å². The largest absolute Gasteiger partial charge is 0.370 e. The van der Waals surface area contributed by atoms with Crippen LogP contribution in [0.15, 0.2) is 53.7 Å². The Labute approximate surface area is 154 Å². The number of benzene rings is 1. The van der Waals surface area contributed by atoms with Crippen molar-refractivity contribution < 1.29 is 4.39 Å². The molecule has 4 N–H and O–H groups in total. The minimum absolute atomic E-state index is 0.164. The molecule has 0 unspecified atom stereocenters. The summed E-state index contributed by atoms with van der Waals surface area (Å²) in [4.78, 5) is 6.58. The summed E-state index contributed by atoms with van der Waals surface area (Å²) in [5.74, 6) is -0.414. The summed E-state index contributed by atoms with van der Waals surface area (Å²) in [7, 11) is 0. The monoisotopic (exact) mass is 355 g/mol. The number of nitrogens with two attached hydrogens (primary N) is 1. The van der Waals surface area contributed by atoms with Gasteiger partial charge in [-0.1, -0.05) is 37.4 Å². The second-order valence-corrected chi connectivity index (χ2v) is 6.36. The lowest BCUT2D eigenvalue weighted by Crippen LogP contribution is -2.39.